The number of nitrogens with two attached hydrogens (primary N) is 1. The number of benzene rings is 2. The lowest BCUT2D eigenvalue weighted by Crippen LogP contribution is -2.73. The summed E-state index contributed by atoms with van der Waals surface area (Å²) in [7, 11) is 2.10. The van der Waals surface area contributed by atoms with Gasteiger partial charge in [-0.2, -0.15) is 0 Å². The second-order valence-corrected chi connectivity index (χ2v) is 7.49. The highest BCUT2D eigenvalue weighted by Gasteiger charge is 2.23. The minimum Gasteiger partial charge on any atom is -0.385 e. The van der Waals surface area contributed by atoms with Crippen LogP contribution in [-0.2, 0) is 5.41 Å². The molecule has 0 bridgehead atoms. The molecule has 2 aromatic carbocycles. The van der Waals surface area contributed by atoms with Crippen molar-refractivity contribution >= 4 is 33.4 Å². The highest BCUT2D eigenvalue weighted by atomic mass is 79.9. The number of quaternary nitrogens is 1. The summed E-state index contributed by atoms with van der Waals surface area (Å²) in [6, 6.07) is 15.1. The number of hydrogen-bond acceptors (Lipinski definition) is 1. The zero-order valence-corrected chi connectivity index (χ0v) is 16.7. The SMILES string of the molecule is CCNc1ccc(/C=C/CC(C)(C)c2ccccc2[NH2+]C)c(Br)c1. The molecular weight excluding hydrogens is 360 g/mol. The van der Waals surface area contributed by atoms with Crippen molar-refractivity contribution in [1.29, 1.82) is 0 Å². The molecule has 128 valence electrons. The van der Waals surface area contributed by atoms with Gasteiger partial charge in [-0.25, -0.2) is 0 Å². The third kappa shape index (κ3) is 4.71. The van der Waals surface area contributed by atoms with Crippen LogP contribution in [-0.4, -0.2) is 13.6 Å². The predicted molar refractivity (Wildman–Crippen MR) is 109 cm³/mol. The van der Waals surface area contributed by atoms with E-state index in [-0.39, 0.29) is 5.41 Å². The van der Waals surface area contributed by atoms with Crippen LogP contribution >= 0.6 is 15.9 Å². The van der Waals surface area contributed by atoms with Gasteiger partial charge in [0.05, 0.1) is 7.05 Å². The van der Waals surface area contributed by atoms with E-state index in [0.29, 0.717) is 0 Å². The minimum atomic E-state index is 0.107. The largest absolute Gasteiger partial charge is 0.385 e. The van der Waals surface area contributed by atoms with Crippen molar-refractivity contribution in [2.45, 2.75) is 32.6 Å². The molecule has 0 aromatic heterocycles. The van der Waals surface area contributed by atoms with Crippen LogP contribution in [0.15, 0.2) is 53.0 Å². The van der Waals surface area contributed by atoms with Crippen molar-refractivity contribution in [2.75, 3.05) is 18.9 Å². The van der Waals surface area contributed by atoms with Crippen LogP contribution in [0.3, 0.4) is 0 Å². The van der Waals surface area contributed by atoms with Crippen LogP contribution in [0.1, 0.15) is 38.3 Å². The predicted octanol–water partition coefficient (Wildman–Crippen LogP) is 5.09. The molecule has 0 amide bonds. The van der Waals surface area contributed by atoms with E-state index < -0.39 is 0 Å². The molecule has 0 saturated heterocycles. The summed E-state index contributed by atoms with van der Waals surface area (Å²) >= 11 is 3.67. The Morgan fingerprint density at radius 2 is 1.92 bits per heavy atom. The molecule has 3 N–H and O–H groups in total. The average Bonchev–Trinajstić information content (AvgIpc) is 2.57. The van der Waals surface area contributed by atoms with E-state index in [1.54, 1.807) is 0 Å². The Balaban J connectivity index is 2.12. The van der Waals surface area contributed by atoms with Crippen LogP contribution < -0.4 is 10.6 Å². The van der Waals surface area contributed by atoms with Gasteiger partial charge in [-0.15, -0.1) is 0 Å². The van der Waals surface area contributed by atoms with Gasteiger partial charge < -0.3 is 10.6 Å². The van der Waals surface area contributed by atoms with Gasteiger partial charge in [0.1, 0.15) is 5.69 Å². The lowest BCUT2D eigenvalue weighted by atomic mass is 9.80. The second-order valence-electron chi connectivity index (χ2n) is 6.63. The monoisotopic (exact) mass is 387 g/mol. The van der Waals surface area contributed by atoms with Gasteiger partial charge in [-0.3, -0.25) is 0 Å². The fraction of sp³-hybridized carbons (Fsp3) is 0.333. The maximum Gasteiger partial charge on any atom is 0.133 e. The average molecular weight is 388 g/mol. The number of nitrogens with one attached hydrogen (secondary N) is 1. The fourth-order valence-corrected chi connectivity index (χ4v) is 3.44. The van der Waals surface area contributed by atoms with E-state index in [1.165, 1.54) is 16.8 Å². The van der Waals surface area contributed by atoms with Gasteiger partial charge in [-0.05, 0) is 42.5 Å². The third-order valence-electron chi connectivity index (χ3n) is 4.31. The first-order valence-corrected chi connectivity index (χ1v) is 9.36. The topological polar surface area (TPSA) is 28.6 Å². The summed E-state index contributed by atoms with van der Waals surface area (Å²) in [4.78, 5) is 0. The highest BCUT2D eigenvalue weighted by Crippen LogP contribution is 2.32. The standard InChI is InChI=1S/C21H27BrN2/c1-5-24-17-13-12-16(19(22)15-17)9-8-14-21(2,3)18-10-6-7-11-20(18)23-4/h6-13,15,23-24H,5,14H2,1-4H3/p+1/b9-8+. The number of para-hydroxylation sites is 1. The van der Waals surface area contributed by atoms with Gasteiger partial charge >= 0.3 is 0 Å². The molecule has 0 spiro atoms. The fourth-order valence-electron chi connectivity index (χ4n) is 2.93. The first-order valence-electron chi connectivity index (χ1n) is 8.56. The Morgan fingerprint density at radius 3 is 2.58 bits per heavy atom. The summed E-state index contributed by atoms with van der Waals surface area (Å²) in [5.41, 5.74) is 5.19. The lowest BCUT2D eigenvalue weighted by molar-refractivity contribution is -0.540. The molecule has 3 heteroatoms. The second kappa shape index (κ2) is 8.50. The lowest BCUT2D eigenvalue weighted by Gasteiger charge is -2.24. The van der Waals surface area contributed by atoms with Gasteiger partial charge in [0.25, 0.3) is 0 Å². The Morgan fingerprint density at radius 1 is 1.17 bits per heavy atom. The number of rotatable bonds is 7. The summed E-state index contributed by atoms with van der Waals surface area (Å²) in [5, 5.41) is 5.52. The molecule has 0 fully saturated rings. The third-order valence-corrected chi connectivity index (χ3v) is 4.99. The molecule has 0 aliphatic heterocycles. The van der Waals surface area contributed by atoms with Crippen molar-refractivity contribution in [1.82, 2.24) is 0 Å². The van der Waals surface area contributed by atoms with Crippen molar-refractivity contribution in [3.8, 4) is 0 Å². The highest BCUT2D eigenvalue weighted by molar-refractivity contribution is 9.10. The molecule has 2 rings (SSSR count). The Labute approximate surface area is 154 Å². The molecule has 2 aromatic rings. The normalized spacial score (nSPS) is 11.9. The van der Waals surface area contributed by atoms with Crippen LogP contribution in [0.4, 0.5) is 11.4 Å². The molecule has 0 aliphatic carbocycles. The quantitative estimate of drug-likeness (QED) is 0.636. The Kier molecular flexibility index (Phi) is 6.64. The van der Waals surface area contributed by atoms with Crippen molar-refractivity contribution in [2.24, 2.45) is 0 Å². The zero-order valence-electron chi connectivity index (χ0n) is 15.1. The van der Waals surface area contributed by atoms with E-state index in [1.807, 2.05) is 0 Å². The first-order chi connectivity index (χ1) is 11.5. The van der Waals surface area contributed by atoms with E-state index >= 15 is 0 Å². The molecule has 0 radical (unpaired) electrons. The molecular formula is C21H28BrN2+. The molecule has 24 heavy (non-hydrogen) atoms. The van der Waals surface area contributed by atoms with Crippen molar-refractivity contribution < 1.29 is 5.32 Å². The van der Waals surface area contributed by atoms with Gasteiger partial charge in [0.2, 0.25) is 0 Å². The smallest absolute Gasteiger partial charge is 0.133 e. The van der Waals surface area contributed by atoms with Crippen LogP contribution in [0.5, 0.6) is 0 Å². The van der Waals surface area contributed by atoms with Crippen LogP contribution in [0.2, 0.25) is 0 Å². The van der Waals surface area contributed by atoms with Crippen LogP contribution in [0, 0.1) is 0 Å². The Bertz CT molecular complexity index is 705. The van der Waals surface area contributed by atoms with E-state index in [2.05, 4.69) is 109 Å². The maximum atomic E-state index is 3.67. The number of anilines is 1. The summed E-state index contributed by atoms with van der Waals surface area (Å²) in [6.45, 7) is 7.66. The maximum absolute atomic E-state index is 3.67. The van der Waals surface area contributed by atoms with E-state index in [9.17, 15) is 0 Å². The van der Waals surface area contributed by atoms with Crippen LogP contribution in [0.25, 0.3) is 6.08 Å². The summed E-state index contributed by atoms with van der Waals surface area (Å²) in [5.74, 6) is 0. The van der Waals surface area contributed by atoms with Gasteiger partial charge in [-0.1, -0.05) is 66.2 Å². The molecule has 0 unspecified atom stereocenters. The minimum absolute atomic E-state index is 0.107. The van der Waals surface area contributed by atoms with Crippen molar-refractivity contribution in [3.05, 3.63) is 64.1 Å². The molecule has 0 saturated carbocycles. The number of hydrogen-bond donors (Lipinski definition) is 2. The van der Waals surface area contributed by atoms with E-state index in [4.69, 9.17) is 0 Å². The summed E-state index contributed by atoms with van der Waals surface area (Å²) < 4.78 is 1.12. The zero-order chi connectivity index (χ0) is 17.6. The molecule has 0 heterocycles. The first kappa shape index (κ1) is 18.8. The molecule has 0 aliphatic rings. The van der Waals surface area contributed by atoms with Gasteiger partial charge in [0, 0.05) is 22.3 Å². The van der Waals surface area contributed by atoms with E-state index in [0.717, 1.165) is 23.1 Å². The molecule has 0 atom stereocenters. The van der Waals surface area contributed by atoms with Gasteiger partial charge in [0.15, 0.2) is 0 Å². The molecule has 2 nitrogen and oxygen atoms in total. The Hall–Kier alpha value is -1.58. The number of allylic oxidation sites excluding steroid dienone is 1. The summed E-state index contributed by atoms with van der Waals surface area (Å²) in [6.07, 6.45) is 5.48. The van der Waals surface area contributed by atoms with Crippen molar-refractivity contribution in [3.63, 3.8) is 0 Å². The number of halogens is 1.